The van der Waals surface area contributed by atoms with Crippen molar-refractivity contribution in [3.05, 3.63) is 58.6 Å². The van der Waals surface area contributed by atoms with Crippen LogP contribution in [0.1, 0.15) is 45.0 Å². The lowest BCUT2D eigenvalue weighted by molar-refractivity contribution is -0.116. The first kappa shape index (κ1) is 21.4. The first-order valence-corrected chi connectivity index (χ1v) is 10.3. The maximum Gasteiger partial charge on any atom is 0.337 e. The number of hydrogen-bond acceptors (Lipinski definition) is 7. The molecule has 0 atom stereocenters. The van der Waals surface area contributed by atoms with Crippen molar-refractivity contribution in [2.75, 3.05) is 19.5 Å². The number of nitrogens with zero attached hydrogens (tertiary/aromatic N) is 1. The Labute approximate surface area is 178 Å². The molecule has 8 heteroatoms. The number of fused-ring (bicyclic) bond motifs is 1. The van der Waals surface area contributed by atoms with E-state index >= 15 is 0 Å². The zero-order chi connectivity index (χ0) is 21.5. The van der Waals surface area contributed by atoms with E-state index in [1.165, 1.54) is 32.4 Å². The van der Waals surface area contributed by atoms with Crippen LogP contribution >= 0.6 is 11.3 Å². The third-order valence-corrected chi connectivity index (χ3v) is 5.54. The third-order valence-electron chi connectivity index (χ3n) is 4.44. The Morgan fingerprint density at radius 2 is 1.63 bits per heavy atom. The minimum Gasteiger partial charge on any atom is -0.465 e. The Kier molecular flexibility index (Phi) is 7.13. The van der Waals surface area contributed by atoms with E-state index in [-0.39, 0.29) is 17.0 Å². The van der Waals surface area contributed by atoms with Gasteiger partial charge in [-0.3, -0.25) is 4.79 Å². The minimum atomic E-state index is -0.605. The van der Waals surface area contributed by atoms with E-state index < -0.39 is 11.9 Å². The molecule has 0 bridgehead atoms. The van der Waals surface area contributed by atoms with Gasteiger partial charge in [0.25, 0.3) is 0 Å². The Bertz CT molecular complexity index is 1010. The summed E-state index contributed by atoms with van der Waals surface area (Å²) in [4.78, 5) is 40.6. The Morgan fingerprint density at radius 1 is 0.967 bits per heavy atom. The van der Waals surface area contributed by atoms with Gasteiger partial charge in [0, 0.05) is 12.1 Å². The topological polar surface area (TPSA) is 94.6 Å². The summed E-state index contributed by atoms with van der Waals surface area (Å²) < 4.78 is 10.6. The van der Waals surface area contributed by atoms with Crippen LogP contribution in [0.15, 0.2) is 42.5 Å². The highest BCUT2D eigenvalue weighted by atomic mass is 32.1. The number of hydrogen-bond donors (Lipinski definition) is 1. The minimum absolute atomic E-state index is 0.159. The molecule has 0 saturated carbocycles. The van der Waals surface area contributed by atoms with E-state index in [4.69, 9.17) is 9.47 Å². The van der Waals surface area contributed by atoms with Crippen LogP contribution in [0.2, 0.25) is 0 Å². The predicted molar refractivity (Wildman–Crippen MR) is 115 cm³/mol. The highest BCUT2D eigenvalue weighted by Crippen LogP contribution is 2.23. The summed E-state index contributed by atoms with van der Waals surface area (Å²) in [5.41, 5.74) is 1.66. The van der Waals surface area contributed by atoms with Gasteiger partial charge in [0.2, 0.25) is 5.91 Å². The zero-order valence-corrected chi connectivity index (χ0v) is 17.6. The van der Waals surface area contributed by atoms with E-state index in [0.29, 0.717) is 18.5 Å². The molecule has 0 radical (unpaired) electrons. The molecular formula is C22H22N2O5S. The standard InChI is InChI=1S/C22H22N2O5S/c1-28-21(26)14-11-15(22(27)29-2)13-16(12-14)23-19(25)9-5-6-10-20-24-17-7-3-4-8-18(17)30-20/h3-4,7-8,11-13H,5-6,9-10H2,1-2H3,(H,23,25). The molecule has 3 aromatic rings. The molecule has 0 unspecified atom stereocenters. The second-order valence-corrected chi connectivity index (χ2v) is 7.73. The van der Waals surface area contributed by atoms with Crippen LogP contribution in [-0.4, -0.2) is 37.0 Å². The van der Waals surface area contributed by atoms with Gasteiger partial charge in [0.05, 0.1) is 40.6 Å². The molecule has 1 N–H and O–H groups in total. The Hall–Kier alpha value is -3.26. The van der Waals surface area contributed by atoms with Crippen LogP contribution in [-0.2, 0) is 20.7 Å². The van der Waals surface area contributed by atoms with Gasteiger partial charge in [0.15, 0.2) is 0 Å². The SMILES string of the molecule is COC(=O)c1cc(NC(=O)CCCCc2nc3ccccc3s2)cc(C(=O)OC)c1. The average molecular weight is 426 g/mol. The summed E-state index contributed by atoms with van der Waals surface area (Å²) in [6, 6.07) is 12.3. The molecule has 0 aliphatic carbocycles. The normalized spacial score (nSPS) is 10.6. The zero-order valence-electron chi connectivity index (χ0n) is 16.8. The molecule has 156 valence electrons. The van der Waals surface area contributed by atoms with E-state index in [9.17, 15) is 14.4 Å². The van der Waals surface area contributed by atoms with E-state index in [2.05, 4.69) is 16.4 Å². The molecular weight excluding hydrogens is 404 g/mol. The Morgan fingerprint density at radius 3 is 2.27 bits per heavy atom. The first-order chi connectivity index (χ1) is 14.5. The van der Waals surface area contributed by atoms with Crippen LogP contribution in [0.4, 0.5) is 5.69 Å². The van der Waals surface area contributed by atoms with Gasteiger partial charge in [-0.15, -0.1) is 11.3 Å². The quantitative estimate of drug-likeness (QED) is 0.428. The van der Waals surface area contributed by atoms with E-state index in [0.717, 1.165) is 28.1 Å². The summed E-state index contributed by atoms with van der Waals surface area (Å²) in [7, 11) is 2.49. The number of methoxy groups -OCH3 is 2. The highest BCUT2D eigenvalue weighted by molar-refractivity contribution is 7.18. The van der Waals surface area contributed by atoms with Crippen molar-refractivity contribution >= 4 is 45.1 Å². The van der Waals surface area contributed by atoms with Gasteiger partial charge in [-0.2, -0.15) is 0 Å². The molecule has 7 nitrogen and oxygen atoms in total. The first-order valence-electron chi connectivity index (χ1n) is 9.46. The van der Waals surface area contributed by atoms with Crippen LogP contribution in [0.5, 0.6) is 0 Å². The van der Waals surface area contributed by atoms with Crippen molar-refractivity contribution in [1.82, 2.24) is 4.98 Å². The van der Waals surface area contributed by atoms with Crippen LogP contribution < -0.4 is 5.32 Å². The van der Waals surface area contributed by atoms with Gasteiger partial charge >= 0.3 is 11.9 Å². The number of rotatable bonds is 8. The number of aryl methyl sites for hydroxylation is 1. The number of esters is 2. The fraction of sp³-hybridized carbons (Fsp3) is 0.273. The summed E-state index contributed by atoms with van der Waals surface area (Å²) >= 11 is 1.67. The van der Waals surface area contributed by atoms with Crippen molar-refractivity contribution in [1.29, 1.82) is 0 Å². The fourth-order valence-electron chi connectivity index (χ4n) is 2.98. The molecule has 0 fully saturated rings. The molecule has 3 rings (SSSR count). The van der Waals surface area contributed by atoms with Crippen molar-refractivity contribution in [2.45, 2.75) is 25.7 Å². The maximum absolute atomic E-state index is 12.3. The number of carbonyl (C=O) groups excluding carboxylic acids is 3. The van der Waals surface area contributed by atoms with Gasteiger partial charge in [0.1, 0.15) is 0 Å². The third kappa shape index (κ3) is 5.42. The second kappa shape index (κ2) is 9.98. The molecule has 1 aromatic heterocycles. The number of ether oxygens (including phenoxy) is 2. The van der Waals surface area contributed by atoms with Gasteiger partial charge < -0.3 is 14.8 Å². The lowest BCUT2D eigenvalue weighted by atomic mass is 10.1. The monoisotopic (exact) mass is 426 g/mol. The number of amides is 1. The second-order valence-electron chi connectivity index (χ2n) is 6.61. The van der Waals surface area contributed by atoms with Gasteiger partial charge in [-0.05, 0) is 49.6 Å². The van der Waals surface area contributed by atoms with Gasteiger partial charge in [-0.1, -0.05) is 12.1 Å². The largest absolute Gasteiger partial charge is 0.465 e. The molecule has 0 spiro atoms. The summed E-state index contributed by atoms with van der Waals surface area (Å²) in [6.07, 6.45) is 2.67. The molecule has 1 amide bonds. The fourth-order valence-corrected chi connectivity index (χ4v) is 3.99. The van der Waals surface area contributed by atoms with Crippen molar-refractivity contribution < 1.29 is 23.9 Å². The number of nitrogens with one attached hydrogen (secondary N) is 1. The van der Waals surface area contributed by atoms with Crippen LogP contribution in [0, 0.1) is 0 Å². The summed E-state index contributed by atoms with van der Waals surface area (Å²) in [6.45, 7) is 0. The summed E-state index contributed by atoms with van der Waals surface area (Å²) in [5, 5.41) is 3.79. The number of thiazole rings is 1. The lowest BCUT2D eigenvalue weighted by Crippen LogP contribution is -2.14. The van der Waals surface area contributed by atoms with Crippen molar-refractivity contribution in [2.24, 2.45) is 0 Å². The molecule has 0 aliphatic heterocycles. The van der Waals surface area contributed by atoms with Crippen molar-refractivity contribution in [3.8, 4) is 0 Å². The number of anilines is 1. The number of aromatic nitrogens is 1. The number of benzene rings is 2. The highest BCUT2D eigenvalue weighted by Gasteiger charge is 2.15. The molecule has 1 heterocycles. The number of para-hydroxylation sites is 1. The van der Waals surface area contributed by atoms with Gasteiger partial charge in [-0.25, -0.2) is 14.6 Å². The van der Waals surface area contributed by atoms with E-state index in [1.807, 2.05) is 18.2 Å². The maximum atomic E-state index is 12.3. The molecule has 2 aromatic carbocycles. The number of carbonyl (C=O) groups is 3. The molecule has 0 aliphatic rings. The van der Waals surface area contributed by atoms with Crippen LogP contribution in [0.3, 0.4) is 0 Å². The van der Waals surface area contributed by atoms with Crippen molar-refractivity contribution in [3.63, 3.8) is 0 Å². The molecule has 0 saturated heterocycles. The van der Waals surface area contributed by atoms with Crippen LogP contribution in [0.25, 0.3) is 10.2 Å². The summed E-state index contributed by atoms with van der Waals surface area (Å²) in [5.74, 6) is -1.41. The smallest absolute Gasteiger partial charge is 0.337 e. The Balaban J connectivity index is 1.55. The number of unbranched alkanes of at least 4 members (excludes halogenated alkanes) is 1. The average Bonchev–Trinajstić information content (AvgIpc) is 3.18. The molecule has 30 heavy (non-hydrogen) atoms. The predicted octanol–water partition coefficient (Wildman–Crippen LogP) is 4.22. The lowest BCUT2D eigenvalue weighted by Gasteiger charge is -2.09. The van der Waals surface area contributed by atoms with E-state index in [1.54, 1.807) is 11.3 Å².